The Morgan fingerprint density at radius 1 is 0.236 bits per heavy atom. The fourth-order valence-electron chi connectivity index (χ4n) is 8.04. The number of hydrogen-bond donors (Lipinski definition) is 0. The minimum absolute atomic E-state index is 1.10. The fourth-order valence-corrected chi connectivity index (χ4v) is 8.04. The number of hydrogen-bond acceptors (Lipinski definition) is 1. The molecule has 0 amide bonds. The van der Waals surface area contributed by atoms with Crippen LogP contribution in [0, 0.1) is 0 Å². The van der Waals surface area contributed by atoms with Gasteiger partial charge in [0.25, 0.3) is 0 Å². The van der Waals surface area contributed by atoms with Crippen molar-refractivity contribution in [2.45, 2.75) is 0 Å². The molecular formula is C54H37N. The molecule has 0 N–H and O–H groups in total. The lowest BCUT2D eigenvalue weighted by Crippen LogP contribution is -2.12. The molecule has 0 spiro atoms. The van der Waals surface area contributed by atoms with Gasteiger partial charge in [-0.05, 0) is 96.2 Å². The van der Waals surface area contributed by atoms with E-state index in [1.165, 1.54) is 65.7 Å². The number of rotatable bonds is 7. The zero-order valence-corrected chi connectivity index (χ0v) is 30.3. The van der Waals surface area contributed by atoms with Crippen LogP contribution in [0.5, 0.6) is 0 Å². The molecule has 1 heteroatoms. The van der Waals surface area contributed by atoms with Gasteiger partial charge in [0.05, 0.1) is 11.4 Å². The Balaban J connectivity index is 1.18. The molecular weight excluding hydrogens is 663 g/mol. The Morgan fingerprint density at radius 3 is 1.51 bits per heavy atom. The van der Waals surface area contributed by atoms with E-state index in [1.807, 2.05) is 0 Å². The highest BCUT2D eigenvalue weighted by Crippen LogP contribution is 2.46. The van der Waals surface area contributed by atoms with E-state index >= 15 is 0 Å². The van der Waals surface area contributed by atoms with E-state index in [0.29, 0.717) is 0 Å². The molecule has 0 aliphatic carbocycles. The van der Waals surface area contributed by atoms with Crippen LogP contribution in [-0.4, -0.2) is 0 Å². The average Bonchev–Trinajstić information content (AvgIpc) is 3.27. The minimum Gasteiger partial charge on any atom is -0.309 e. The molecule has 0 saturated heterocycles. The third-order valence-corrected chi connectivity index (χ3v) is 10.9. The van der Waals surface area contributed by atoms with Gasteiger partial charge in [0.1, 0.15) is 0 Å². The molecule has 0 heterocycles. The van der Waals surface area contributed by atoms with Crippen LogP contribution in [0.2, 0.25) is 0 Å². The first-order chi connectivity index (χ1) is 27.3. The standard InChI is InChI=1S/C54H37N/c1-3-12-38(13-4-1)41-28-32-48(33-29-41)55(53-21-11-20-51-49-19-10-9-17-43(49)30-35-52(51)53)54-37-47(39-14-5-2-6-15-39)31-34-50(54)44-25-22-42(23-26-44)46-27-24-40-16-7-8-18-45(40)36-46/h1-37H. The molecule has 0 unspecified atom stereocenters. The second-order valence-corrected chi connectivity index (χ2v) is 14.1. The van der Waals surface area contributed by atoms with Gasteiger partial charge in [0, 0.05) is 16.6 Å². The largest absolute Gasteiger partial charge is 0.309 e. The third kappa shape index (κ3) is 6.12. The molecule has 258 valence electrons. The van der Waals surface area contributed by atoms with Gasteiger partial charge in [0.2, 0.25) is 0 Å². The number of nitrogens with zero attached hydrogens (tertiary/aromatic N) is 1. The van der Waals surface area contributed by atoms with E-state index in [1.54, 1.807) is 0 Å². The summed E-state index contributed by atoms with van der Waals surface area (Å²) in [7, 11) is 0. The normalized spacial score (nSPS) is 11.3. The Kier molecular flexibility index (Phi) is 8.24. The van der Waals surface area contributed by atoms with Crippen LogP contribution in [0.1, 0.15) is 0 Å². The van der Waals surface area contributed by atoms with Gasteiger partial charge in [-0.2, -0.15) is 0 Å². The summed E-state index contributed by atoms with van der Waals surface area (Å²) in [5.41, 5.74) is 12.8. The van der Waals surface area contributed by atoms with Gasteiger partial charge in [0.15, 0.2) is 0 Å². The van der Waals surface area contributed by atoms with Crippen LogP contribution in [0.25, 0.3) is 76.8 Å². The van der Waals surface area contributed by atoms with Gasteiger partial charge >= 0.3 is 0 Å². The molecule has 0 aliphatic heterocycles. The first kappa shape index (κ1) is 32.4. The molecule has 0 bridgehead atoms. The Bertz CT molecular complexity index is 2950. The van der Waals surface area contributed by atoms with Gasteiger partial charge in [-0.15, -0.1) is 0 Å². The minimum atomic E-state index is 1.10. The van der Waals surface area contributed by atoms with Crippen molar-refractivity contribution in [1.82, 2.24) is 0 Å². The van der Waals surface area contributed by atoms with Crippen molar-refractivity contribution in [3.8, 4) is 44.5 Å². The smallest absolute Gasteiger partial charge is 0.0546 e. The highest BCUT2D eigenvalue weighted by molar-refractivity contribution is 6.13. The lowest BCUT2D eigenvalue weighted by molar-refractivity contribution is 1.30. The van der Waals surface area contributed by atoms with E-state index in [4.69, 9.17) is 0 Å². The first-order valence-corrected chi connectivity index (χ1v) is 18.9. The van der Waals surface area contributed by atoms with E-state index in [2.05, 4.69) is 229 Å². The van der Waals surface area contributed by atoms with Crippen LogP contribution in [0.4, 0.5) is 17.1 Å². The van der Waals surface area contributed by atoms with E-state index in [0.717, 1.165) is 28.2 Å². The molecule has 10 rings (SSSR count). The van der Waals surface area contributed by atoms with Crippen molar-refractivity contribution >= 4 is 49.4 Å². The highest BCUT2D eigenvalue weighted by atomic mass is 15.1. The predicted molar refractivity (Wildman–Crippen MR) is 235 cm³/mol. The van der Waals surface area contributed by atoms with E-state index < -0.39 is 0 Å². The second-order valence-electron chi connectivity index (χ2n) is 14.1. The predicted octanol–water partition coefficient (Wildman–Crippen LogP) is 15.3. The summed E-state index contributed by atoms with van der Waals surface area (Å²) in [4.78, 5) is 2.46. The lowest BCUT2D eigenvalue weighted by Gasteiger charge is -2.30. The molecule has 1 nitrogen and oxygen atoms in total. The molecule has 0 fully saturated rings. The zero-order valence-electron chi connectivity index (χ0n) is 30.3. The Labute approximate surface area is 322 Å². The summed E-state index contributed by atoms with van der Waals surface area (Å²) in [5, 5.41) is 7.44. The molecule has 10 aromatic carbocycles. The number of fused-ring (bicyclic) bond motifs is 4. The maximum atomic E-state index is 2.46. The van der Waals surface area contributed by atoms with Crippen molar-refractivity contribution < 1.29 is 0 Å². The summed E-state index contributed by atoms with van der Waals surface area (Å²) in [5.74, 6) is 0. The summed E-state index contributed by atoms with van der Waals surface area (Å²) in [6.07, 6.45) is 0. The van der Waals surface area contributed by atoms with Crippen molar-refractivity contribution in [1.29, 1.82) is 0 Å². The van der Waals surface area contributed by atoms with Crippen LogP contribution in [-0.2, 0) is 0 Å². The summed E-state index contributed by atoms with van der Waals surface area (Å²) < 4.78 is 0. The summed E-state index contributed by atoms with van der Waals surface area (Å²) in [6, 6.07) is 81.6. The molecule has 0 aromatic heterocycles. The Morgan fingerprint density at radius 2 is 0.745 bits per heavy atom. The second kappa shape index (κ2) is 14.0. The van der Waals surface area contributed by atoms with Crippen LogP contribution in [0.3, 0.4) is 0 Å². The van der Waals surface area contributed by atoms with Gasteiger partial charge in [-0.3, -0.25) is 0 Å². The molecule has 0 radical (unpaired) electrons. The van der Waals surface area contributed by atoms with Crippen LogP contribution < -0.4 is 4.90 Å². The average molecular weight is 700 g/mol. The fraction of sp³-hybridized carbons (Fsp3) is 0. The van der Waals surface area contributed by atoms with Crippen LogP contribution in [0.15, 0.2) is 224 Å². The maximum absolute atomic E-state index is 2.46. The van der Waals surface area contributed by atoms with Crippen molar-refractivity contribution in [3.63, 3.8) is 0 Å². The van der Waals surface area contributed by atoms with E-state index in [-0.39, 0.29) is 0 Å². The molecule has 0 atom stereocenters. The number of anilines is 3. The number of benzene rings is 10. The Hall–Kier alpha value is -7.22. The van der Waals surface area contributed by atoms with Gasteiger partial charge < -0.3 is 4.90 Å². The summed E-state index contributed by atoms with van der Waals surface area (Å²) in [6.45, 7) is 0. The maximum Gasteiger partial charge on any atom is 0.0546 e. The topological polar surface area (TPSA) is 3.24 Å². The SMILES string of the molecule is c1ccc(-c2ccc(N(c3cc(-c4ccccc4)ccc3-c3ccc(-c4ccc5ccccc5c4)cc3)c3cccc4c3ccc3ccccc34)cc2)cc1. The zero-order chi connectivity index (χ0) is 36.6. The van der Waals surface area contributed by atoms with Crippen LogP contribution >= 0.6 is 0 Å². The van der Waals surface area contributed by atoms with Crippen molar-refractivity contribution in [2.75, 3.05) is 4.90 Å². The molecule has 10 aromatic rings. The highest BCUT2D eigenvalue weighted by Gasteiger charge is 2.21. The summed E-state index contributed by atoms with van der Waals surface area (Å²) >= 11 is 0. The van der Waals surface area contributed by atoms with Gasteiger partial charge in [-0.25, -0.2) is 0 Å². The third-order valence-electron chi connectivity index (χ3n) is 10.9. The van der Waals surface area contributed by atoms with Crippen molar-refractivity contribution in [3.05, 3.63) is 224 Å². The monoisotopic (exact) mass is 699 g/mol. The molecule has 0 saturated carbocycles. The first-order valence-electron chi connectivity index (χ1n) is 18.9. The van der Waals surface area contributed by atoms with Crippen molar-refractivity contribution in [2.24, 2.45) is 0 Å². The lowest BCUT2D eigenvalue weighted by atomic mass is 9.94. The quantitative estimate of drug-likeness (QED) is 0.150. The van der Waals surface area contributed by atoms with Gasteiger partial charge in [-0.1, -0.05) is 194 Å². The molecule has 0 aliphatic rings. The van der Waals surface area contributed by atoms with E-state index in [9.17, 15) is 0 Å². The molecule has 55 heavy (non-hydrogen) atoms.